The van der Waals surface area contributed by atoms with Crippen molar-refractivity contribution in [2.45, 2.75) is 0 Å². The molecule has 0 aliphatic heterocycles. The van der Waals surface area contributed by atoms with Crippen LogP contribution >= 0.6 is 0 Å². The predicted octanol–water partition coefficient (Wildman–Crippen LogP) is 3.80. The molecule has 0 saturated heterocycles. The third kappa shape index (κ3) is 3.64. The summed E-state index contributed by atoms with van der Waals surface area (Å²) in [5.74, 6) is 0. The molecule has 0 aliphatic carbocycles. The van der Waals surface area contributed by atoms with Gasteiger partial charge in [0.05, 0.1) is 11.4 Å². The minimum absolute atomic E-state index is 0.500. The molecule has 0 unspecified atom stereocenters. The Morgan fingerprint density at radius 1 is 0.579 bits per heavy atom. The van der Waals surface area contributed by atoms with Gasteiger partial charge in [-0.25, -0.2) is 0 Å². The lowest BCUT2D eigenvalue weighted by Gasteiger charge is -1.98. The van der Waals surface area contributed by atoms with Gasteiger partial charge in [-0.1, -0.05) is 60.7 Å². The molecule has 96 valence electrons. The maximum atomic E-state index is 5.22. The topological polar surface area (TPSA) is 65.2 Å². The van der Waals surface area contributed by atoms with E-state index in [0.717, 1.165) is 0 Å². The number of nitrogen functional groups attached to an aromatic ring is 2. The highest BCUT2D eigenvalue weighted by Gasteiger charge is 1.92. The quantitative estimate of drug-likeness (QED) is 0.692. The first-order valence-corrected chi connectivity index (χ1v) is 5.95. The molecule has 0 atom stereocenters. The van der Waals surface area contributed by atoms with E-state index in [9.17, 15) is 0 Å². The van der Waals surface area contributed by atoms with E-state index in [2.05, 4.69) is 52.9 Å². The lowest BCUT2D eigenvalue weighted by Crippen LogP contribution is -1.87. The summed E-state index contributed by atoms with van der Waals surface area (Å²) in [6.45, 7) is 0. The smallest absolute Gasteiger partial charge is 0.115 e. The molecule has 0 spiro atoms. The first-order chi connectivity index (χ1) is 9.27. The molecule has 3 heteroatoms. The fourth-order valence-corrected chi connectivity index (χ4v) is 1.58. The second-order valence-electron chi connectivity index (χ2n) is 4.01. The lowest BCUT2D eigenvalue weighted by molar-refractivity contribution is 0.569. The van der Waals surface area contributed by atoms with Gasteiger partial charge in [-0.05, 0) is 11.1 Å². The van der Waals surface area contributed by atoms with Gasteiger partial charge in [-0.15, -0.1) is 0 Å². The van der Waals surface area contributed by atoms with Crippen LogP contribution in [0.4, 0.5) is 11.4 Å². The molecule has 1 aromatic heterocycles. The second kappa shape index (κ2) is 6.31. The van der Waals surface area contributed by atoms with Crippen LogP contribution in [0.3, 0.4) is 0 Å². The second-order valence-corrected chi connectivity index (χ2v) is 4.01. The van der Waals surface area contributed by atoms with Crippen LogP contribution in [0.5, 0.6) is 0 Å². The maximum absolute atomic E-state index is 5.22. The average molecular weight is 252 g/mol. The van der Waals surface area contributed by atoms with E-state index in [1.54, 1.807) is 0 Å². The summed E-state index contributed by atoms with van der Waals surface area (Å²) in [5.41, 5.74) is 14.0. The Labute approximate surface area is 112 Å². The Hall–Kier alpha value is -2.68. The molecule has 0 radical (unpaired) electrons. The van der Waals surface area contributed by atoms with Crippen LogP contribution < -0.4 is 11.5 Å². The number of rotatable bonds is 1. The van der Waals surface area contributed by atoms with Gasteiger partial charge in [0, 0.05) is 0 Å². The summed E-state index contributed by atoms with van der Waals surface area (Å²) in [6, 6.07) is 20.8. The highest BCUT2D eigenvalue weighted by atomic mass is 16.3. The van der Waals surface area contributed by atoms with Crippen molar-refractivity contribution in [3.63, 3.8) is 0 Å². The lowest BCUT2D eigenvalue weighted by atomic mass is 10.1. The van der Waals surface area contributed by atoms with Gasteiger partial charge in [-0.3, -0.25) is 0 Å². The molecule has 19 heavy (non-hydrogen) atoms. The molecule has 3 nitrogen and oxygen atoms in total. The SMILES string of the molecule is Nc1cocc1N.c1ccc(-c2ccccc2)cc1. The number of hydrogen-bond acceptors (Lipinski definition) is 3. The number of hydrogen-bond donors (Lipinski definition) is 2. The van der Waals surface area contributed by atoms with Crippen molar-refractivity contribution in [1.82, 2.24) is 0 Å². The molecule has 2 aromatic carbocycles. The van der Waals surface area contributed by atoms with E-state index < -0.39 is 0 Å². The molecule has 0 aliphatic rings. The van der Waals surface area contributed by atoms with Crippen molar-refractivity contribution in [1.29, 1.82) is 0 Å². The van der Waals surface area contributed by atoms with E-state index in [-0.39, 0.29) is 0 Å². The summed E-state index contributed by atoms with van der Waals surface area (Å²) in [5, 5.41) is 0. The van der Waals surface area contributed by atoms with Crippen LogP contribution in [0.2, 0.25) is 0 Å². The van der Waals surface area contributed by atoms with Crippen molar-refractivity contribution in [2.75, 3.05) is 11.5 Å². The number of benzene rings is 2. The van der Waals surface area contributed by atoms with Crippen LogP contribution in [0.15, 0.2) is 77.6 Å². The standard InChI is InChI=1S/C12H10.C4H6N2O/c1-3-7-11(8-4-1)12-9-5-2-6-10-12;5-3-1-7-2-4(3)6/h1-10H;1-2H,5-6H2. The van der Waals surface area contributed by atoms with Crippen LogP contribution in [0.1, 0.15) is 0 Å². The molecule has 0 fully saturated rings. The molecular weight excluding hydrogens is 236 g/mol. The Bertz CT molecular complexity index is 549. The molecule has 0 saturated carbocycles. The highest BCUT2D eigenvalue weighted by molar-refractivity contribution is 5.62. The van der Waals surface area contributed by atoms with Crippen molar-refractivity contribution >= 4 is 11.4 Å². The van der Waals surface area contributed by atoms with Gasteiger partial charge in [0.25, 0.3) is 0 Å². The Kier molecular flexibility index (Phi) is 4.24. The fraction of sp³-hybridized carbons (Fsp3) is 0. The van der Waals surface area contributed by atoms with Gasteiger partial charge in [0.1, 0.15) is 12.5 Å². The van der Waals surface area contributed by atoms with Crippen LogP contribution in [0.25, 0.3) is 11.1 Å². The summed E-state index contributed by atoms with van der Waals surface area (Å²) in [6.07, 6.45) is 2.80. The zero-order chi connectivity index (χ0) is 13.5. The van der Waals surface area contributed by atoms with E-state index in [0.29, 0.717) is 11.4 Å². The molecular formula is C16H16N2O. The van der Waals surface area contributed by atoms with Gasteiger partial charge < -0.3 is 15.9 Å². The average Bonchev–Trinajstić information content (AvgIpc) is 2.85. The van der Waals surface area contributed by atoms with E-state index in [1.807, 2.05) is 12.1 Å². The van der Waals surface area contributed by atoms with Crippen molar-refractivity contribution in [3.8, 4) is 11.1 Å². The Morgan fingerprint density at radius 3 is 1.21 bits per heavy atom. The minimum atomic E-state index is 0.500. The normalized spacial score (nSPS) is 9.47. The van der Waals surface area contributed by atoms with Gasteiger partial charge in [0.2, 0.25) is 0 Å². The zero-order valence-corrected chi connectivity index (χ0v) is 10.5. The number of furan rings is 1. The first kappa shape index (κ1) is 12.8. The van der Waals surface area contributed by atoms with Crippen molar-refractivity contribution in [2.24, 2.45) is 0 Å². The largest absolute Gasteiger partial charge is 0.468 e. The monoisotopic (exact) mass is 252 g/mol. The van der Waals surface area contributed by atoms with Gasteiger partial charge in [-0.2, -0.15) is 0 Å². The zero-order valence-electron chi connectivity index (χ0n) is 10.5. The molecule has 3 rings (SSSR count). The minimum Gasteiger partial charge on any atom is -0.468 e. The third-order valence-corrected chi connectivity index (χ3v) is 2.60. The third-order valence-electron chi connectivity index (χ3n) is 2.60. The molecule has 0 bridgehead atoms. The van der Waals surface area contributed by atoms with E-state index >= 15 is 0 Å². The molecule has 3 aromatic rings. The molecule has 4 N–H and O–H groups in total. The van der Waals surface area contributed by atoms with Crippen LogP contribution in [-0.2, 0) is 0 Å². The highest BCUT2D eigenvalue weighted by Crippen LogP contribution is 2.17. The van der Waals surface area contributed by atoms with E-state index in [1.165, 1.54) is 23.7 Å². The fourth-order valence-electron chi connectivity index (χ4n) is 1.58. The number of anilines is 2. The molecule has 1 heterocycles. The maximum Gasteiger partial charge on any atom is 0.115 e. The Balaban J connectivity index is 0.000000163. The summed E-state index contributed by atoms with van der Waals surface area (Å²) in [7, 11) is 0. The van der Waals surface area contributed by atoms with E-state index in [4.69, 9.17) is 11.5 Å². The van der Waals surface area contributed by atoms with Crippen molar-refractivity contribution in [3.05, 3.63) is 73.2 Å². The number of nitrogens with two attached hydrogens (primary N) is 2. The predicted molar refractivity (Wildman–Crippen MR) is 79.4 cm³/mol. The molecule has 0 amide bonds. The summed E-state index contributed by atoms with van der Waals surface area (Å²) >= 11 is 0. The van der Waals surface area contributed by atoms with Crippen molar-refractivity contribution < 1.29 is 4.42 Å². The van der Waals surface area contributed by atoms with Gasteiger partial charge >= 0.3 is 0 Å². The summed E-state index contributed by atoms with van der Waals surface area (Å²) in [4.78, 5) is 0. The summed E-state index contributed by atoms with van der Waals surface area (Å²) < 4.78 is 4.59. The van der Waals surface area contributed by atoms with Crippen LogP contribution in [0, 0.1) is 0 Å². The Morgan fingerprint density at radius 2 is 0.947 bits per heavy atom. The van der Waals surface area contributed by atoms with Gasteiger partial charge in [0.15, 0.2) is 0 Å². The first-order valence-electron chi connectivity index (χ1n) is 5.95. The van der Waals surface area contributed by atoms with Crippen LogP contribution in [-0.4, -0.2) is 0 Å².